The number of sulfonamides is 1. The van der Waals surface area contributed by atoms with Crippen molar-refractivity contribution in [3.05, 3.63) is 75.4 Å². The molecule has 5 rings (SSSR count). The van der Waals surface area contributed by atoms with Crippen molar-refractivity contribution in [3.8, 4) is 5.69 Å². The van der Waals surface area contributed by atoms with Crippen molar-refractivity contribution in [3.63, 3.8) is 0 Å². The molecule has 1 fully saturated rings. The molecule has 0 unspecified atom stereocenters. The van der Waals surface area contributed by atoms with Crippen molar-refractivity contribution in [1.82, 2.24) is 19.1 Å². The predicted molar refractivity (Wildman–Crippen MR) is 117 cm³/mol. The highest BCUT2D eigenvalue weighted by Gasteiger charge is 2.33. The van der Waals surface area contributed by atoms with E-state index in [0.717, 1.165) is 28.5 Å². The molecular weight excluding hydrogens is 430 g/mol. The van der Waals surface area contributed by atoms with E-state index in [1.54, 1.807) is 28.6 Å². The number of aryl methyl sites for hydroxylation is 3. The normalized spacial score (nSPS) is 17.0. The van der Waals surface area contributed by atoms with Gasteiger partial charge in [-0.2, -0.15) is 4.31 Å². The van der Waals surface area contributed by atoms with Crippen molar-refractivity contribution >= 4 is 15.7 Å². The molecule has 0 bridgehead atoms. The summed E-state index contributed by atoms with van der Waals surface area (Å²) in [6.45, 7) is 2.75. The molecule has 10 heteroatoms. The highest BCUT2D eigenvalue weighted by atomic mass is 32.2. The van der Waals surface area contributed by atoms with Crippen LogP contribution in [-0.4, -0.2) is 45.5 Å². The number of hydrogen-bond acceptors (Lipinski definition) is 6. The molecule has 0 N–H and O–H groups in total. The van der Waals surface area contributed by atoms with E-state index < -0.39 is 10.0 Å². The van der Waals surface area contributed by atoms with E-state index in [9.17, 15) is 18.5 Å². The minimum Gasteiger partial charge on any atom is -0.282 e. The standard InChI is InChI=1S/C22H23N5O4S/c1-15-2-6-19(7-3-15)32(30,31)25-12-10-16(11-13-25)22-24-23-21-9-4-17-14-18(27(28)29)5-8-20(17)26(21)22/h2-3,5-8,14,16H,4,9-13H2,1H3. The lowest BCUT2D eigenvalue weighted by molar-refractivity contribution is -0.384. The predicted octanol–water partition coefficient (Wildman–Crippen LogP) is 3.15. The Kier molecular flexibility index (Phi) is 5.06. The number of aromatic nitrogens is 3. The van der Waals surface area contributed by atoms with Crippen LogP contribution < -0.4 is 0 Å². The van der Waals surface area contributed by atoms with Crippen molar-refractivity contribution < 1.29 is 13.3 Å². The van der Waals surface area contributed by atoms with Crippen molar-refractivity contribution in [2.24, 2.45) is 0 Å². The molecule has 2 aliphatic heterocycles. The van der Waals surface area contributed by atoms with Crippen LogP contribution in [0.5, 0.6) is 0 Å². The number of rotatable bonds is 4. The number of piperidine rings is 1. The Morgan fingerprint density at radius 3 is 2.44 bits per heavy atom. The highest BCUT2D eigenvalue weighted by molar-refractivity contribution is 7.89. The zero-order valence-electron chi connectivity index (χ0n) is 17.6. The summed E-state index contributed by atoms with van der Waals surface area (Å²) in [7, 11) is -3.52. The number of hydrogen-bond donors (Lipinski definition) is 0. The first-order valence-electron chi connectivity index (χ1n) is 10.6. The van der Waals surface area contributed by atoms with Gasteiger partial charge in [-0.3, -0.25) is 14.7 Å². The fraction of sp³-hybridized carbons (Fsp3) is 0.364. The molecule has 166 valence electrons. The lowest BCUT2D eigenvalue weighted by Gasteiger charge is -2.31. The Labute approximate surface area is 185 Å². The van der Waals surface area contributed by atoms with Gasteiger partial charge in [-0.1, -0.05) is 17.7 Å². The van der Waals surface area contributed by atoms with Crippen LogP contribution in [0, 0.1) is 17.0 Å². The molecule has 9 nitrogen and oxygen atoms in total. The number of non-ortho nitro benzene ring substituents is 1. The summed E-state index contributed by atoms with van der Waals surface area (Å²) in [5.41, 5.74) is 2.89. The third-order valence-corrected chi connectivity index (χ3v) is 8.28. The quantitative estimate of drug-likeness (QED) is 0.443. The third kappa shape index (κ3) is 3.49. The number of nitro benzene ring substituents is 1. The van der Waals surface area contributed by atoms with Crippen LogP contribution in [0.2, 0.25) is 0 Å². The van der Waals surface area contributed by atoms with Gasteiger partial charge >= 0.3 is 0 Å². The first-order valence-corrected chi connectivity index (χ1v) is 12.1. The van der Waals surface area contributed by atoms with Gasteiger partial charge in [0.25, 0.3) is 5.69 Å². The molecule has 1 saturated heterocycles. The van der Waals surface area contributed by atoms with Crippen molar-refractivity contribution in [2.45, 2.75) is 43.4 Å². The summed E-state index contributed by atoms with van der Waals surface area (Å²) >= 11 is 0. The zero-order valence-corrected chi connectivity index (χ0v) is 18.5. The fourth-order valence-corrected chi connectivity index (χ4v) is 6.05. The van der Waals surface area contributed by atoms with Crippen molar-refractivity contribution in [1.29, 1.82) is 0 Å². The van der Waals surface area contributed by atoms with E-state index in [1.807, 2.05) is 23.6 Å². The second-order valence-electron chi connectivity index (χ2n) is 8.37. The highest BCUT2D eigenvalue weighted by Crippen LogP contribution is 2.35. The van der Waals surface area contributed by atoms with Gasteiger partial charge in [0, 0.05) is 37.6 Å². The Balaban J connectivity index is 1.38. The van der Waals surface area contributed by atoms with Crippen LogP contribution in [0.4, 0.5) is 5.69 Å². The van der Waals surface area contributed by atoms with Gasteiger partial charge in [0.15, 0.2) is 0 Å². The SMILES string of the molecule is Cc1ccc(S(=O)(=O)N2CCC(c3nnc4n3-c3ccc([N+](=O)[O-])cc3CC4)CC2)cc1. The molecule has 0 spiro atoms. The minimum absolute atomic E-state index is 0.0712. The van der Waals surface area contributed by atoms with Gasteiger partial charge in [0.2, 0.25) is 10.0 Å². The maximum atomic E-state index is 13.0. The van der Waals surface area contributed by atoms with E-state index in [-0.39, 0.29) is 16.5 Å². The minimum atomic E-state index is -3.52. The van der Waals surface area contributed by atoms with Crippen LogP contribution in [-0.2, 0) is 22.9 Å². The molecule has 0 saturated carbocycles. The lowest BCUT2D eigenvalue weighted by atomic mass is 9.95. The van der Waals surface area contributed by atoms with E-state index >= 15 is 0 Å². The molecule has 3 heterocycles. The fourth-order valence-electron chi connectivity index (χ4n) is 4.58. The maximum absolute atomic E-state index is 13.0. The molecule has 0 amide bonds. The van der Waals surface area contributed by atoms with Gasteiger partial charge in [-0.15, -0.1) is 10.2 Å². The largest absolute Gasteiger partial charge is 0.282 e. The van der Waals surface area contributed by atoms with Crippen LogP contribution in [0.3, 0.4) is 0 Å². The van der Waals surface area contributed by atoms with Gasteiger partial charge in [-0.25, -0.2) is 8.42 Å². The van der Waals surface area contributed by atoms with Crippen molar-refractivity contribution in [2.75, 3.05) is 13.1 Å². The topological polar surface area (TPSA) is 111 Å². The number of nitrogens with zero attached hydrogens (tertiary/aromatic N) is 5. The molecular formula is C22H23N5O4S. The van der Waals surface area contributed by atoms with Crippen LogP contribution in [0.1, 0.15) is 41.5 Å². The molecule has 1 aromatic heterocycles. The summed E-state index contributed by atoms with van der Waals surface area (Å²) in [6.07, 6.45) is 2.64. The summed E-state index contributed by atoms with van der Waals surface area (Å²) < 4.78 is 29.6. The molecule has 32 heavy (non-hydrogen) atoms. The summed E-state index contributed by atoms with van der Waals surface area (Å²) in [4.78, 5) is 11.1. The molecule has 0 radical (unpaired) electrons. The van der Waals surface area contributed by atoms with E-state index in [2.05, 4.69) is 10.2 Å². The van der Waals surface area contributed by atoms with Gasteiger partial charge in [-0.05, 0) is 49.9 Å². The smallest absolute Gasteiger partial charge is 0.269 e. The van der Waals surface area contributed by atoms with E-state index in [1.165, 1.54) is 6.07 Å². The van der Waals surface area contributed by atoms with Gasteiger partial charge in [0.1, 0.15) is 11.6 Å². The monoisotopic (exact) mass is 453 g/mol. The summed E-state index contributed by atoms with van der Waals surface area (Å²) in [6, 6.07) is 11.8. The number of fused-ring (bicyclic) bond motifs is 3. The first kappa shape index (κ1) is 20.8. The number of nitro groups is 1. The van der Waals surface area contributed by atoms with Crippen LogP contribution >= 0.6 is 0 Å². The second-order valence-corrected chi connectivity index (χ2v) is 10.3. The third-order valence-electron chi connectivity index (χ3n) is 6.37. The summed E-state index contributed by atoms with van der Waals surface area (Å²) in [5, 5.41) is 20.0. The molecule has 2 aromatic carbocycles. The van der Waals surface area contributed by atoms with E-state index in [0.29, 0.717) is 43.7 Å². The van der Waals surface area contributed by atoms with Crippen LogP contribution in [0.25, 0.3) is 5.69 Å². The molecule has 3 aromatic rings. The van der Waals surface area contributed by atoms with Crippen LogP contribution in [0.15, 0.2) is 47.4 Å². The Bertz CT molecular complexity index is 1290. The molecule has 0 aliphatic carbocycles. The van der Waals surface area contributed by atoms with Gasteiger partial charge in [0.05, 0.1) is 15.5 Å². The second kappa shape index (κ2) is 7.79. The maximum Gasteiger partial charge on any atom is 0.269 e. The Morgan fingerprint density at radius 1 is 1.03 bits per heavy atom. The Morgan fingerprint density at radius 2 is 1.75 bits per heavy atom. The van der Waals surface area contributed by atoms with E-state index in [4.69, 9.17) is 0 Å². The number of benzene rings is 2. The Hall–Kier alpha value is -3.11. The zero-order chi connectivity index (χ0) is 22.5. The molecule has 0 atom stereocenters. The average molecular weight is 454 g/mol. The first-order chi connectivity index (χ1) is 15.3. The lowest BCUT2D eigenvalue weighted by Crippen LogP contribution is -2.38. The molecule has 2 aliphatic rings. The summed E-state index contributed by atoms with van der Waals surface area (Å²) in [5.74, 6) is 1.72. The average Bonchev–Trinajstić information content (AvgIpc) is 3.23. The van der Waals surface area contributed by atoms with Gasteiger partial charge < -0.3 is 0 Å².